The summed E-state index contributed by atoms with van der Waals surface area (Å²) in [5.41, 5.74) is 1.74. The van der Waals surface area contributed by atoms with E-state index in [0.29, 0.717) is 6.61 Å². The largest absolute Gasteiger partial charge is 0.370 e. The van der Waals surface area contributed by atoms with Crippen LogP contribution in [0.3, 0.4) is 0 Å². The summed E-state index contributed by atoms with van der Waals surface area (Å²) in [6, 6.07) is 9.88. The van der Waals surface area contributed by atoms with Crippen molar-refractivity contribution < 1.29 is 4.74 Å². The fraction of sp³-hybridized carbons (Fsp3) is 0.368. The molecule has 1 atom stereocenters. The lowest BCUT2D eigenvalue weighted by molar-refractivity contribution is 0.0297. The Bertz CT molecular complexity index is 833. The highest BCUT2D eigenvalue weighted by atomic mass is 16.5. The monoisotopic (exact) mass is 350 g/mol. The first kappa shape index (κ1) is 16.7. The van der Waals surface area contributed by atoms with Gasteiger partial charge in [-0.3, -0.25) is 4.98 Å². The quantitative estimate of drug-likeness (QED) is 0.704. The van der Waals surface area contributed by atoms with Crippen molar-refractivity contribution in [3.05, 3.63) is 54.6 Å². The minimum absolute atomic E-state index is 0.182. The molecule has 3 aromatic heterocycles. The summed E-state index contributed by atoms with van der Waals surface area (Å²) in [7, 11) is 1.95. The normalized spacial score (nSPS) is 17.4. The molecule has 4 rings (SSSR count). The van der Waals surface area contributed by atoms with Crippen LogP contribution in [0.1, 0.15) is 18.5 Å². The van der Waals surface area contributed by atoms with Gasteiger partial charge in [0, 0.05) is 38.7 Å². The van der Waals surface area contributed by atoms with Crippen molar-refractivity contribution in [2.75, 3.05) is 18.0 Å². The molecule has 4 heterocycles. The lowest BCUT2D eigenvalue weighted by atomic mass is 10.1. The van der Waals surface area contributed by atoms with Gasteiger partial charge in [0.1, 0.15) is 5.69 Å². The van der Waals surface area contributed by atoms with E-state index >= 15 is 0 Å². The minimum Gasteiger partial charge on any atom is -0.370 e. The van der Waals surface area contributed by atoms with E-state index in [1.165, 1.54) is 0 Å². The second-order valence-corrected chi connectivity index (χ2v) is 6.48. The van der Waals surface area contributed by atoms with Gasteiger partial charge in [0.2, 0.25) is 0 Å². The highest BCUT2D eigenvalue weighted by molar-refractivity contribution is 5.51. The van der Waals surface area contributed by atoms with E-state index in [-0.39, 0.29) is 6.10 Å². The summed E-state index contributed by atoms with van der Waals surface area (Å²) in [6.07, 6.45) is 7.78. The molecular formula is C19H22N6O. The molecule has 0 unspecified atom stereocenters. The Morgan fingerprint density at radius 3 is 2.81 bits per heavy atom. The van der Waals surface area contributed by atoms with Gasteiger partial charge in [-0.05, 0) is 37.1 Å². The van der Waals surface area contributed by atoms with Crippen LogP contribution in [0.15, 0.2) is 48.9 Å². The van der Waals surface area contributed by atoms with E-state index in [2.05, 4.69) is 25.1 Å². The highest BCUT2D eigenvalue weighted by Gasteiger charge is 2.22. The summed E-state index contributed by atoms with van der Waals surface area (Å²) in [5.74, 6) is 1.70. The summed E-state index contributed by atoms with van der Waals surface area (Å²) >= 11 is 0. The van der Waals surface area contributed by atoms with Crippen LogP contribution < -0.4 is 4.90 Å². The van der Waals surface area contributed by atoms with Crippen molar-refractivity contribution in [2.45, 2.75) is 25.6 Å². The molecule has 7 nitrogen and oxygen atoms in total. The number of rotatable bonds is 5. The summed E-state index contributed by atoms with van der Waals surface area (Å²) in [4.78, 5) is 10.9. The number of piperidine rings is 1. The van der Waals surface area contributed by atoms with Crippen molar-refractivity contribution in [3.8, 4) is 11.5 Å². The van der Waals surface area contributed by atoms with Gasteiger partial charge in [0.05, 0.1) is 18.4 Å². The molecule has 1 aliphatic heterocycles. The molecule has 0 amide bonds. The highest BCUT2D eigenvalue weighted by Crippen LogP contribution is 2.21. The minimum atomic E-state index is 0.182. The number of anilines is 1. The van der Waals surface area contributed by atoms with Gasteiger partial charge in [-0.1, -0.05) is 6.07 Å². The van der Waals surface area contributed by atoms with Gasteiger partial charge in [0.25, 0.3) is 0 Å². The van der Waals surface area contributed by atoms with E-state index in [0.717, 1.165) is 49.0 Å². The molecule has 1 aliphatic rings. The fourth-order valence-corrected chi connectivity index (χ4v) is 3.19. The number of aromatic nitrogens is 5. The van der Waals surface area contributed by atoms with E-state index in [9.17, 15) is 0 Å². The maximum absolute atomic E-state index is 6.05. The number of imidazole rings is 1. The third-order valence-electron chi connectivity index (χ3n) is 4.60. The molecule has 7 heteroatoms. The van der Waals surface area contributed by atoms with Crippen LogP contribution in [0.25, 0.3) is 11.5 Å². The first-order valence-electron chi connectivity index (χ1n) is 8.87. The molecule has 0 aliphatic carbocycles. The van der Waals surface area contributed by atoms with E-state index in [4.69, 9.17) is 4.74 Å². The lowest BCUT2D eigenvalue weighted by Crippen LogP contribution is -2.40. The third-order valence-corrected chi connectivity index (χ3v) is 4.60. The zero-order chi connectivity index (χ0) is 17.8. The van der Waals surface area contributed by atoms with Gasteiger partial charge in [0.15, 0.2) is 11.6 Å². The Labute approximate surface area is 152 Å². The molecular weight excluding hydrogens is 328 g/mol. The predicted molar refractivity (Wildman–Crippen MR) is 98.5 cm³/mol. The Hall–Kier alpha value is -2.80. The first-order valence-corrected chi connectivity index (χ1v) is 8.87. The van der Waals surface area contributed by atoms with Gasteiger partial charge >= 0.3 is 0 Å². The second-order valence-electron chi connectivity index (χ2n) is 6.48. The SMILES string of the molecule is Cn1ccnc1-c1ccc(N2CCC[C@@H](OCc3ccccn3)C2)nn1. The van der Waals surface area contributed by atoms with Crippen LogP contribution >= 0.6 is 0 Å². The van der Waals surface area contributed by atoms with Crippen molar-refractivity contribution in [3.63, 3.8) is 0 Å². The standard InChI is InChI=1S/C19H22N6O/c1-24-12-10-21-19(24)17-7-8-18(23-22-17)25-11-4-6-16(13-25)26-14-15-5-2-3-9-20-15/h2-3,5,7-10,12,16H,4,6,11,13-14H2,1H3/t16-/m1/s1. The van der Waals surface area contributed by atoms with Crippen LogP contribution in [0.2, 0.25) is 0 Å². The van der Waals surface area contributed by atoms with Crippen molar-refractivity contribution in [1.82, 2.24) is 24.7 Å². The topological polar surface area (TPSA) is 69.0 Å². The number of hydrogen-bond donors (Lipinski definition) is 0. The average molecular weight is 350 g/mol. The molecule has 0 saturated carbocycles. The molecule has 26 heavy (non-hydrogen) atoms. The molecule has 134 valence electrons. The summed E-state index contributed by atoms with van der Waals surface area (Å²) in [5, 5.41) is 8.76. The zero-order valence-electron chi connectivity index (χ0n) is 14.8. The number of aryl methyl sites for hydroxylation is 1. The Kier molecular flexibility index (Phi) is 4.88. The molecule has 1 fully saturated rings. The van der Waals surface area contributed by atoms with E-state index in [1.54, 1.807) is 12.4 Å². The van der Waals surface area contributed by atoms with Gasteiger partial charge in [-0.2, -0.15) is 0 Å². The molecule has 3 aromatic rings. The number of hydrogen-bond acceptors (Lipinski definition) is 6. The van der Waals surface area contributed by atoms with Gasteiger partial charge in [-0.25, -0.2) is 4.98 Å². The van der Waals surface area contributed by atoms with Crippen LogP contribution in [-0.2, 0) is 18.4 Å². The Morgan fingerprint density at radius 1 is 1.12 bits per heavy atom. The van der Waals surface area contributed by atoms with Crippen molar-refractivity contribution in [1.29, 1.82) is 0 Å². The summed E-state index contributed by atoms with van der Waals surface area (Å²) < 4.78 is 7.99. The van der Waals surface area contributed by atoms with Gasteiger partial charge < -0.3 is 14.2 Å². The predicted octanol–water partition coefficient (Wildman–Crippen LogP) is 2.46. The third kappa shape index (κ3) is 3.72. The molecule has 0 N–H and O–H groups in total. The molecule has 1 saturated heterocycles. The molecule has 0 radical (unpaired) electrons. The number of pyridine rings is 1. The van der Waals surface area contributed by atoms with Crippen LogP contribution in [-0.4, -0.2) is 43.9 Å². The average Bonchev–Trinajstić information content (AvgIpc) is 3.13. The van der Waals surface area contributed by atoms with Crippen LogP contribution in [0.5, 0.6) is 0 Å². The van der Waals surface area contributed by atoms with Crippen LogP contribution in [0, 0.1) is 0 Å². The zero-order valence-corrected chi connectivity index (χ0v) is 14.8. The fourth-order valence-electron chi connectivity index (χ4n) is 3.19. The van der Waals surface area contributed by atoms with Gasteiger partial charge in [-0.15, -0.1) is 10.2 Å². The molecule has 0 aromatic carbocycles. The van der Waals surface area contributed by atoms with Crippen LogP contribution in [0.4, 0.5) is 5.82 Å². The maximum atomic E-state index is 6.05. The Balaban J connectivity index is 1.39. The molecule has 0 spiro atoms. The maximum Gasteiger partial charge on any atom is 0.160 e. The summed E-state index contributed by atoms with van der Waals surface area (Å²) in [6.45, 7) is 2.34. The first-order chi connectivity index (χ1) is 12.8. The number of nitrogens with zero attached hydrogens (tertiary/aromatic N) is 6. The number of ether oxygens (including phenoxy) is 1. The Morgan fingerprint density at radius 2 is 2.08 bits per heavy atom. The van der Waals surface area contributed by atoms with E-state index in [1.807, 2.05) is 48.1 Å². The second kappa shape index (κ2) is 7.61. The van der Waals surface area contributed by atoms with Crippen molar-refractivity contribution in [2.24, 2.45) is 7.05 Å². The lowest BCUT2D eigenvalue weighted by Gasteiger charge is -2.33. The van der Waals surface area contributed by atoms with Crippen molar-refractivity contribution >= 4 is 5.82 Å². The smallest absolute Gasteiger partial charge is 0.160 e. The van der Waals surface area contributed by atoms with E-state index < -0.39 is 0 Å². The molecule has 0 bridgehead atoms.